The lowest BCUT2D eigenvalue weighted by Gasteiger charge is -2.14. The average Bonchev–Trinajstić information content (AvgIpc) is 3.94. The van der Waals surface area contributed by atoms with Crippen LogP contribution in [0.4, 0.5) is 0 Å². The van der Waals surface area contributed by atoms with E-state index in [0.29, 0.717) is 35.2 Å². The Morgan fingerprint density at radius 1 is 0.279 bits per heavy atom. The van der Waals surface area contributed by atoms with Gasteiger partial charge >= 0.3 is 0 Å². The molecule has 0 N–H and O–H groups in total. The van der Waals surface area contributed by atoms with Crippen molar-refractivity contribution in [3.05, 3.63) is 207 Å². The van der Waals surface area contributed by atoms with Crippen LogP contribution in [0.5, 0.6) is 0 Å². The maximum atomic E-state index is 5.29. The molecule has 10 heteroatoms. The standard InChI is InChI=1S/C58H34N10/c1-3-15-36(16-4-1)53-61-55(65-57(63-53)67-46-23-11-7-19-38(46)39-20-8-12-24-47(39)67)44-31-33-59-51-42(44)29-27-35-28-30-43-45(32-34-60-52(43)50(35)51)56-62-54(37-17-5-2-6-18-37)64-58(66-56)68-48-25-13-9-21-40(48)41-22-10-14-26-49(41)68/h1-34H. The Balaban J connectivity index is 0.990. The molecule has 0 spiro atoms. The molecule has 0 atom stereocenters. The highest BCUT2D eigenvalue weighted by molar-refractivity contribution is 6.21. The van der Waals surface area contributed by atoms with Gasteiger partial charge in [-0.1, -0.05) is 158 Å². The fraction of sp³-hybridized carbons (Fsp3) is 0. The van der Waals surface area contributed by atoms with E-state index in [1.807, 2.05) is 85.2 Å². The molecule has 6 aromatic heterocycles. The van der Waals surface area contributed by atoms with Crippen LogP contribution in [-0.2, 0) is 0 Å². The topological polar surface area (TPSA) is 113 Å². The number of fused-ring (bicyclic) bond motifs is 11. The highest BCUT2D eigenvalue weighted by atomic mass is 15.2. The van der Waals surface area contributed by atoms with Gasteiger partial charge in [0.25, 0.3) is 0 Å². The number of hydrogen-bond donors (Lipinski definition) is 0. The average molecular weight is 871 g/mol. The molecule has 316 valence electrons. The summed E-state index contributed by atoms with van der Waals surface area (Å²) in [6, 6.07) is 66.1. The monoisotopic (exact) mass is 870 g/mol. The Hall–Kier alpha value is -9.54. The fourth-order valence-corrected chi connectivity index (χ4v) is 9.91. The zero-order valence-electron chi connectivity index (χ0n) is 36.1. The van der Waals surface area contributed by atoms with Crippen LogP contribution in [0.2, 0.25) is 0 Å². The van der Waals surface area contributed by atoms with E-state index in [4.69, 9.17) is 39.9 Å². The van der Waals surface area contributed by atoms with Crippen LogP contribution < -0.4 is 0 Å². The molecule has 0 aliphatic carbocycles. The second-order valence-corrected chi connectivity index (χ2v) is 16.8. The number of pyridine rings is 2. The molecule has 0 radical (unpaired) electrons. The van der Waals surface area contributed by atoms with E-state index in [2.05, 4.69) is 130 Å². The number of aromatic nitrogens is 10. The van der Waals surface area contributed by atoms with Gasteiger partial charge in [-0.25, -0.2) is 9.97 Å². The van der Waals surface area contributed by atoms with Crippen molar-refractivity contribution in [3.8, 4) is 57.4 Å². The van der Waals surface area contributed by atoms with Gasteiger partial charge in [0, 0.05) is 72.4 Å². The summed E-state index contributed by atoms with van der Waals surface area (Å²) >= 11 is 0. The van der Waals surface area contributed by atoms with Crippen molar-refractivity contribution in [2.75, 3.05) is 0 Å². The number of rotatable bonds is 6. The lowest BCUT2D eigenvalue weighted by atomic mass is 9.98. The van der Waals surface area contributed by atoms with Crippen LogP contribution in [-0.4, -0.2) is 49.0 Å². The molecule has 0 aliphatic rings. The van der Waals surface area contributed by atoms with Gasteiger partial charge in [0.2, 0.25) is 11.9 Å². The molecule has 14 aromatic rings. The molecule has 8 aromatic carbocycles. The second kappa shape index (κ2) is 15.0. The predicted molar refractivity (Wildman–Crippen MR) is 272 cm³/mol. The van der Waals surface area contributed by atoms with Gasteiger partial charge in [0.15, 0.2) is 23.3 Å². The number of nitrogens with zero attached hydrogens (tertiary/aromatic N) is 10. The highest BCUT2D eigenvalue weighted by Gasteiger charge is 2.22. The summed E-state index contributed by atoms with van der Waals surface area (Å²) in [6.45, 7) is 0. The molecule has 0 amide bonds. The van der Waals surface area contributed by atoms with E-state index in [1.165, 1.54) is 0 Å². The molecule has 14 rings (SSSR count). The molecule has 0 saturated carbocycles. The van der Waals surface area contributed by atoms with Crippen molar-refractivity contribution in [1.29, 1.82) is 0 Å². The fourth-order valence-electron chi connectivity index (χ4n) is 9.91. The van der Waals surface area contributed by atoms with Crippen LogP contribution in [0.25, 0.3) is 134 Å². The van der Waals surface area contributed by atoms with Gasteiger partial charge in [0.05, 0.1) is 33.1 Å². The van der Waals surface area contributed by atoms with E-state index < -0.39 is 0 Å². The van der Waals surface area contributed by atoms with E-state index in [9.17, 15) is 0 Å². The molecule has 0 aliphatic heterocycles. The van der Waals surface area contributed by atoms with Crippen molar-refractivity contribution in [3.63, 3.8) is 0 Å². The van der Waals surface area contributed by atoms with Crippen molar-refractivity contribution in [1.82, 2.24) is 49.0 Å². The Morgan fingerprint density at radius 3 is 1.03 bits per heavy atom. The number of para-hydroxylation sites is 4. The summed E-state index contributed by atoms with van der Waals surface area (Å²) in [6.07, 6.45) is 3.67. The summed E-state index contributed by atoms with van der Waals surface area (Å²) in [7, 11) is 0. The first-order valence-corrected chi connectivity index (χ1v) is 22.4. The Kier molecular flexibility index (Phi) is 8.34. The summed E-state index contributed by atoms with van der Waals surface area (Å²) < 4.78 is 4.27. The molecule has 10 nitrogen and oxygen atoms in total. The van der Waals surface area contributed by atoms with Gasteiger partial charge in [-0.2, -0.15) is 19.9 Å². The Labute approximate surface area is 387 Å². The molecular weight excluding hydrogens is 837 g/mol. The zero-order chi connectivity index (χ0) is 44.7. The zero-order valence-corrected chi connectivity index (χ0v) is 36.1. The summed E-state index contributed by atoms with van der Waals surface area (Å²) in [5.41, 5.74) is 9.04. The lowest BCUT2D eigenvalue weighted by molar-refractivity contribution is 0.954. The van der Waals surface area contributed by atoms with E-state index in [0.717, 1.165) is 98.4 Å². The van der Waals surface area contributed by atoms with E-state index in [1.54, 1.807) is 0 Å². The third kappa shape index (κ3) is 5.84. The minimum absolute atomic E-state index is 0.529. The second-order valence-electron chi connectivity index (χ2n) is 16.8. The largest absolute Gasteiger partial charge is 0.278 e. The summed E-state index contributed by atoms with van der Waals surface area (Å²) in [5, 5.41) is 8.19. The Morgan fingerprint density at radius 2 is 0.632 bits per heavy atom. The minimum Gasteiger partial charge on any atom is -0.278 e. The smallest absolute Gasteiger partial charge is 0.238 e. The Bertz CT molecular complexity index is 3950. The molecule has 0 unspecified atom stereocenters. The van der Waals surface area contributed by atoms with Gasteiger partial charge in [0.1, 0.15) is 0 Å². The lowest BCUT2D eigenvalue weighted by Crippen LogP contribution is -2.07. The first kappa shape index (κ1) is 37.8. The summed E-state index contributed by atoms with van der Waals surface area (Å²) in [5.74, 6) is 3.27. The first-order chi connectivity index (χ1) is 33.7. The van der Waals surface area contributed by atoms with Crippen LogP contribution in [0.15, 0.2) is 207 Å². The van der Waals surface area contributed by atoms with E-state index >= 15 is 0 Å². The minimum atomic E-state index is 0.529. The highest BCUT2D eigenvalue weighted by Crippen LogP contribution is 2.39. The maximum absolute atomic E-state index is 5.29. The SMILES string of the molecule is c1ccc(-c2nc(-c3ccnc4c3ccc3ccc5c(-c6nc(-c7ccccc7)nc(-n7c8ccccc8c8ccccc87)n6)ccnc5c34)nc(-n3c4ccccc4c4ccccc43)n2)cc1. The van der Waals surface area contributed by atoms with Gasteiger partial charge in [-0.05, 0) is 41.8 Å². The third-order valence-corrected chi connectivity index (χ3v) is 13.0. The van der Waals surface area contributed by atoms with Crippen molar-refractivity contribution < 1.29 is 0 Å². The van der Waals surface area contributed by atoms with Gasteiger partial charge in [-0.3, -0.25) is 19.1 Å². The van der Waals surface area contributed by atoms with Crippen LogP contribution >= 0.6 is 0 Å². The molecular formula is C58H34N10. The van der Waals surface area contributed by atoms with Crippen LogP contribution in [0.3, 0.4) is 0 Å². The van der Waals surface area contributed by atoms with Crippen molar-refractivity contribution >= 4 is 76.2 Å². The van der Waals surface area contributed by atoms with Gasteiger partial charge in [-0.15, -0.1) is 0 Å². The molecule has 68 heavy (non-hydrogen) atoms. The quantitative estimate of drug-likeness (QED) is 0.152. The molecule has 0 fully saturated rings. The number of hydrogen-bond acceptors (Lipinski definition) is 8. The molecule has 0 bridgehead atoms. The summed E-state index contributed by atoms with van der Waals surface area (Å²) in [4.78, 5) is 41.4. The first-order valence-electron chi connectivity index (χ1n) is 22.4. The van der Waals surface area contributed by atoms with Gasteiger partial charge < -0.3 is 0 Å². The molecule has 0 saturated heterocycles. The third-order valence-electron chi connectivity index (χ3n) is 13.0. The normalized spacial score (nSPS) is 11.8. The maximum Gasteiger partial charge on any atom is 0.238 e. The molecule has 6 heterocycles. The number of benzene rings is 8. The van der Waals surface area contributed by atoms with Crippen LogP contribution in [0.1, 0.15) is 0 Å². The van der Waals surface area contributed by atoms with E-state index in [-0.39, 0.29) is 0 Å². The van der Waals surface area contributed by atoms with Crippen LogP contribution in [0, 0.1) is 0 Å². The van der Waals surface area contributed by atoms with Crippen molar-refractivity contribution in [2.45, 2.75) is 0 Å². The predicted octanol–water partition coefficient (Wildman–Crippen LogP) is 13.2. The van der Waals surface area contributed by atoms with Crippen molar-refractivity contribution in [2.24, 2.45) is 0 Å².